The Balaban J connectivity index is 1.20. The van der Waals surface area contributed by atoms with Gasteiger partial charge in [-0.2, -0.15) is 22.0 Å². The second-order valence-electron chi connectivity index (χ2n) is 16.2. The van der Waals surface area contributed by atoms with Gasteiger partial charge < -0.3 is 18.5 Å². The topological polar surface area (TPSA) is 54.0 Å². The lowest BCUT2D eigenvalue weighted by atomic mass is 9.50. The molecule has 0 aliphatic heterocycles. The van der Waals surface area contributed by atoms with Crippen LogP contribution in [0.1, 0.15) is 119 Å². The van der Waals surface area contributed by atoms with Gasteiger partial charge in [0.1, 0.15) is 0 Å². The molecule has 4 bridgehead atoms. The zero-order valence-corrected chi connectivity index (χ0v) is 29.3. The lowest BCUT2D eigenvalue weighted by Gasteiger charge is -2.56. The second-order valence-corrected chi connectivity index (χ2v) is 18.3. The molecule has 4 aliphatic carbocycles. The van der Waals surface area contributed by atoms with Gasteiger partial charge in [-0.15, -0.1) is 0 Å². The highest BCUT2D eigenvalue weighted by atomic mass is 31.2. The summed E-state index contributed by atoms with van der Waals surface area (Å²) >= 11 is 0. The molecular formula is C35H54F5O5P. The third-order valence-electron chi connectivity index (χ3n) is 9.44. The molecule has 0 aromatic heterocycles. The minimum Gasteiger partial charge on any atom is -0.490 e. The zero-order chi connectivity index (χ0) is 34.0. The Kier molecular flexibility index (Phi) is 11.9. The summed E-state index contributed by atoms with van der Waals surface area (Å²) in [6.45, 7) is 10.9. The molecule has 0 radical (unpaired) electrons. The maximum absolute atomic E-state index is 14.9. The summed E-state index contributed by atoms with van der Waals surface area (Å²) in [6, 6.07) is 2.71. The minimum absolute atomic E-state index is 0.0358. The summed E-state index contributed by atoms with van der Waals surface area (Å²) in [5, 5.41) is 0. The first-order chi connectivity index (χ1) is 21.2. The van der Waals surface area contributed by atoms with Crippen molar-refractivity contribution in [1.82, 2.24) is 0 Å². The maximum atomic E-state index is 14.9. The quantitative estimate of drug-likeness (QED) is 0.0988. The molecule has 0 unspecified atom stereocenters. The van der Waals surface area contributed by atoms with Crippen LogP contribution in [0.5, 0.6) is 11.5 Å². The summed E-state index contributed by atoms with van der Waals surface area (Å²) < 4.78 is 107. The Hall–Kier alpha value is -1.38. The molecule has 4 saturated carbocycles. The molecule has 5 nitrogen and oxygen atoms in total. The van der Waals surface area contributed by atoms with Gasteiger partial charge in [-0.3, -0.25) is 4.57 Å². The van der Waals surface area contributed by atoms with Crippen LogP contribution >= 0.6 is 7.60 Å². The highest BCUT2D eigenvalue weighted by molar-refractivity contribution is 7.53. The van der Waals surface area contributed by atoms with Crippen LogP contribution in [0.3, 0.4) is 0 Å². The van der Waals surface area contributed by atoms with Gasteiger partial charge in [-0.25, -0.2) is 0 Å². The molecule has 0 N–H and O–H groups in total. The SMILES string of the molecule is CC(C)(C)OP(=O)(CCCC[C@H](CCCCOc1ccc(OC[C@]23CC4CC(C[C@H](C4)C2)C3)c(F)c1F)C(F)(F)F)OC(C)(C)C. The van der Waals surface area contributed by atoms with Crippen LogP contribution < -0.4 is 9.47 Å². The number of hydrogen-bond acceptors (Lipinski definition) is 5. The first-order valence-corrected chi connectivity index (χ1v) is 18.8. The van der Waals surface area contributed by atoms with Crippen LogP contribution in [0.2, 0.25) is 0 Å². The fraction of sp³-hybridized carbons (Fsp3) is 0.829. The summed E-state index contributed by atoms with van der Waals surface area (Å²) in [6.07, 6.45) is 3.54. The van der Waals surface area contributed by atoms with Crippen molar-refractivity contribution in [3.05, 3.63) is 23.8 Å². The zero-order valence-electron chi connectivity index (χ0n) is 28.4. The third kappa shape index (κ3) is 10.8. The van der Waals surface area contributed by atoms with E-state index in [1.54, 1.807) is 41.5 Å². The molecule has 1 aromatic rings. The lowest BCUT2D eigenvalue weighted by Crippen LogP contribution is -2.48. The molecular weight excluding hydrogens is 626 g/mol. The van der Waals surface area contributed by atoms with Crippen molar-refractivity contribution < 1.29 is 45.0 Å². The Morgan fingerprint density at radius 3 is 1.67 bits per heavy atom. The molecule has 264 valence electrons. The van der Waals surface area contributed by atoms with E-state index in [9.17, 15) is 26.5 Å². The highest BCUT2D eigenvalue weighted by Gasteiger charge is 2.51. The van der Waals surface area contributed by atoms with Gasteiger partial charge in [0.05, 0.1) is 36.5 Å². The molecule has 0 heterocycles. The minimum atomic E-state index is -4.38. The van der Waals surface area contributed by atoms with E-state index in [1.165, 1.54) is 31.4 Å². The predicted molar refractivity (Wildman–Crippen MR) is 169 cm³/mol. The van der Waals surface area contributed by atoms with E-state index in [2.05, 4.69) is 0 Å². The Labute approximate surface area is 272 Å². The molecule has 1 atom stereocenters. The summed E-state index contributed by atoms with van der Waals surface area (Å²) in [5.41, 5.74) is -1.39. The van der Waals surface area contributed by atoms with E-state index in [0.717, 1.165) is 37.0 Å². The Morgan fingerprint density at radius 2 is 1.22 bits per heavy atom. The van der Waals surface area contributed by atoms with Crippen LogP contribution in [0, 0.1) is 40.7 Å². The number of benzene rings is 1. The smallest absolute Gasteiger partial charge is 0.391 e. The average molecular weight is 681 g/mol. The average Bonchev–Trinajstić information content (AvgIpc) is 2.87. The van der Waals surface area contributed by atoms with Gasteiger partial charge in [0, 0.05) is 5.41 Å². The van der Waals surface area contributed by atoms with Crippen molar-refractivity contribution in [3.63, 3.8) is 0 Å². The van der Waals surface area contributed by atoms with Crippen molar-refractivity contribution in [3.8, 4) is 11.5 Å². The van der Waals surface area contributed by atoms with E-state index >= 15 is 0 Å². The predicted octanol–water partition coefficient (Wildman–Crippen LogP) is 11.3. The summed E-state index contributed by atoms with van der Waals surface area (Å²) in [7, 11) is -3.51. The van der Waals surface area contributed by atoms with Gasteiger partial charge in [0.25, 0.3) is 0 Å². The Morgan fingerprint density at radius 1 is 0.761 bits per heavy atom. The van der Waals surface area contributed by atoms with Crippen LogP contribution in [0.15, 0.2) is 12.1 Å². The molecule has 0 spiro atoms. The van der Waals surface area contributed by atoms with Gasteiger partial charge >= 0.3 is 13.8 Å². The molecule has 5 rings (SSSR count). The van der Waals surface area contributed by atoms with Crippen molar-refractivity contribution in [1.29, 1.82) is 0 Å². The van der Waals surface area contributed by atoms with Gasteiger partial charge in [-0.1, -0.05) is 6.42 Å². The monoisotopic (exact) mass is 680 g/mol. The van der Waals surface area contributed by atoms with Crippen molar-refractivity contribution in [2.45, 2.75) is 136 Å². The van der Waals surface area contributed by atoms with E-state index in [-0.39, 0.29) is 68.2 Å². The van der Waals surface area contributed by atoms with Crippen LogP contribution in [0.4, 0.5) is 22.0 Å². The molecule has 11 heteroatoms. The fourth-order valence-electron chi connectivity index (χ4n) is 8.22. The van der Waals surface area contributed by atoms with Gasteiger partial charge in [-0.05, 0) is 142 Å². The molecule has 4 aliphatic rings. The summed E-state index contributed by atoms with van der Waals surface area (Å²) in [5.74, 6) is -1.98. The van der Waals surface area contributed by atoms with Crippen LogP contribution in [-0.2, 0) is 13.6 Å². The lowest BCUT2D eigenvalue weighted by molar-refractivity contribution is -0.178. The summed E-state index contributed by atoms with van der Waals surface area (Å²) in [4.78, 5) is 0. The highest BCUT2D eigenvalue weighted by Crippen LogP contribution is 2.60. The number of hydrogen-bond donors (Lipinski definition) is 0. The van der Waals surface area contributed by atoms with Crippen LogP contribution in [0.25, 0.3) is 0 Å². The van der Waals surface area contributed by atoms with Gasteiger partial charge in [0.2, 0.25) is 11.6 Å². The normalized spacial score (nSPS) is 25.6. The number of alkyl halides is 3. The first-order valence-electron chi connectivity index (χ1n) is 17.1. The molecule has 4 fully saturated rings. The van der Waals surface area contributed by atoms with E-state index in [1.807, 2.05) is 0 Å². The number of rotatable bonds is 16. The van der Waals surface area contributed by atoms with E-state index in [4.69, 9.17) is 18.5 Å². The van der Waals surface area contributed by atoms with Crippen molar-refractivity contribution in [2.75, 3.05) is 19.4 Å². The van der Waals surface area contributed by atoms with Crippen molar-refractivity contribution >= 4 is 7.60 Å². The standard InChI is InChI=1S/C35H54F5O5P/c1-32(2,3)44-46(41,45-33(4,5)6)16-10-8-12-27(35(38,39)40)11-7-9-15-42-28-13-14-29(31(37)30(28)36)43-23-34-20-24-17-25(21-34)19-26(18-24)22-34/h13-14,24-27H,7-12,15-23H2,1-6H3/t24-,25?,26?,27-,34-/m0/s1. The Bertz CT molecular complexity index is 1150. The van der Waals surface area contributed by atoms with Gasteiger partial charge in [0.15, 0.2) is 11.5 Å². The number of ether oxygens (including phenoxy) is 2. The molecule has 1 aromatic carbocycles. The number of halogens is 5. The largest absolute Gasteiger partial charge is 0.490 e. The molecule has 46 heavy (non-hydrogen) atoms. The molecule has 0 amide bonds. The first kappa shape index (κ1) is 37.4. The fourth-order valence-corrected chi connectivity index (χ4v) is 10.7. The maximum Gasteiger partial charge on any atom is 0.391 e. The van der Waals surface area contributed by atoms with Crippen LogP contribution in [-0.4, -0.2) is 36.8 Å². The van der Waals surface area contributed by atoms with E-state index in [0.29, 0.717) is 6.61 Å². The van der Waals surface area contributed by atoms with Crippen molar-refractivity contribution in [2.24, 2.45) is 29.1 Å². The second kappa shape index (κ2) is 14.6. The molecule has 0 saturated heterocycles. The van der Waals surface area contributed by atoms with E-state index < -0.39 is 42.5 Å². The number of unbranched alkanes of at least 4 members (excludes halogenated alkanes) is 2. The third-order valence-corrected chi connectivity index (χ3v) is 12.0.